The standard InChI is InChI=1S/C20H15Cl2N3O2/c21-16-3-1-2-15(18(16)22)19(26)14-8-17(24-10-14)20(27)25-7-5-12-9-23-6-4-13(12)11-25/h1-4,6,8-10,24H,5,7,11H2. The molecule has 0 atom stereocenters. The molecular formula is C20H15Cl2N3O2. The van der Waals surface area contributed by atoms with Gasteiger partial charge in [0.15, 0.2) is 5.78 Å². The Kier molecular flexibility index (Phi) is 4.72. The predicted octanol–water partition coefficient (Wildman–Crippen LogP) is 4.15. The number of nitrogens with one attached hydrogen (secondary N) is 1. The van der Waals surface area contributed by atoms with Crippen molar-refractivity contribution in [1.29, 1.82) is 0 Å². The lowest BCUT2D eigenvalue weighted by atomic mass is 10.0. The Hall–Kier alpha value is -2.63. The minimum atomic E-state index is -0.284. The second kappa shape index (κ2) is 7.18. The molecule has 3 aromatic rings. The van der Waals surface area contributed by atoms with Crippen molar-refractivity contribution in [3.8, 4) is 0 Å². The van der Waals surface area contributed by atoms with Gasteiger partial charge in [-0.15, -0.1) is 0 Å². The van der Waals surface area contributed by atoms with Crippen molar-refractivity contribution in [3.63, 3.8) is 0 Å². The van der Waals surface area contributed by atoms with E-state index < -0.39 is 0 Å². The van der Waals surface area contributed by atoms with Gasteiger partial charge in [0.2, 0.25) is 0 Å². The first kappa shape index (κ1) is 17.8. The van der Waals surface area contributed by atoms with E-state index in [-0.39, 0.29) is 16.7 Å². The van der Waals surface area contributed by atoms with Gasteiger partial charge in [0.05, 0.1) is 10.0 Å². The number of nitrogens with zero attached hydrogens (tertiary/aromatic N) is 2. The number of benzene rings is 1. The highest BCUT2D eigenvalue weighted by atomic mass is 35.5. The third-order valence-corrected chi connectivity index (χ3v) is 5.49. The summed E-state index contributed by atoms with van der Waals surface area (Å²) in [5.74, 6) is -0.429. The molecule has 0 saturated carbocycles. The number of H-pyrrole nitrogens is 1. The minimum absolute atomic E-state index is 0.145. The largest absolute Gasteiger partial charge is 0.356 e. The fourth-order valence-corrected chi connectivity index (χ4v) is 3.59. The summed E-state index contributed by atoms with van der Waals surface area (Å²) in [5.41, 5.74) is 3.30. The maximum absolute atomic E-state index is 12.8. The van der Waals surface area contributed by atoms with E-state index >= 15 is 0 Å². The number of aromatic amines is 1. The normalized spacial score (nSPS) is 13.3. The zero-order chi connectivity index (χ0) is 19.0. The average Bonchev–Trinajstić information content (AvgIpc) is 3.19. The summed E-state index contributed by atoms with van der Waals surface area (Å²) in [6.07, 6.45) is 5.86. The van der Waals surface area contributed by atoms with Crippen LogP contribution in [0.1, 0.15) is 37.5 Å². The van der Waals surface area contributed by atoms with Gasteiger partial charge in [-0.25, -0.2) is 0 Å². The van der Waals surface area contributed by atoms with Crippen LogP contribution in [0.25, 0.3) is 0 Å². The molecule has 0 bridgehead atoms. The highest BCUT2D eigenvalue weighted by Gasteiger charge is 2.24. The molecule has 3 heterocycles. The zero-order valence-electron chi connectivity index (χ0n) is 14.2. The van der Waals surface area contributed by atoms with Crippen molar-refractivity contribution < 1.29 is 9.59 Å². The molecule has 1 aliphatic heterocycles. The predicted molar refractivity (Wildman–Crippen MR) is 103 cm³/mol. The molecule has 27 heavy (non-hydrogen) atoms. The van der Waals surface area contributed by atoms with Gasteiger partial charge in [0.25, 0.3) is 5.91 Å². The Morgan fingerprint density at radius 2 is 2.00 bits per heavy atom. The van der Waals surface area contributed by atoms with E-state index in [0.29, 0.717) is 34.9 Å². The Bertz CT molecular complexity index is 1050. The number of halogens is 2. The number of amides is 1. The highest BCUT2D eigenvalue weighted by molar-refractivity contribution is 6.44. The second-order valence-electron chi connectivity index (χ2n) is 6.35. The van der Waals surface area contributed by atoms with Crippen LogP contribution in [0.2, 0.25) is 10.0 Å². The summed E-state index contributed by atoms with van der Waals surface area (Å²) >= 11 is 12.1. The molecule has 1 amide bonds. The molecule has 5 nitrogen and oxygen atoms in total. The van der Waals surface area contributed by atoms with E-state index in [4.69, 9.17) is 23.2 Å². The zero-order valence-corrected chi connectivity index (χ0v) is 15.7. The minimum Gasteiger partial charge on any atom is -0.356 e. The molecule has 4 rings (SSSR count). The molecule has 1 aromatic carbocycles. The van der Waals surface area contributed by atoms with E-state index in [9.17, 15) is 9.59 Å². The summed E-state index contributed by atoms with van der Waals surface area (Å²) in [5, 5.41) is 0.523. The molecule has 0 aliphatic carbocycles. The van der Waals surface area contributed by atoms with Gasteiger partial charge >= 0.3 is 0 Å². The van der Waals surface area contributed by atoms with Gasteiger partial charge in [-0.05, 0) is 41.8 Å². The lowest BCUT2D eigenvalue weighted by molar-refractivity contribution is 0.0729. The molecule has 1 N–H and O–H groups in total. The van der Waals surface area contributed by atoms with Crippen molar-refractivity contribution in [3.05, 3.63) is 86.9 Å². The first-order valence-electron chi connectivity index (χ1n) is 8.43. The first-order valence-corrected chi connectivity index (χ1v) is 9.18. The molecular weight excluding hydrogens is 385 g/mol. The van der Waals surface area contributed by atoms with Gasteiger partial charge in [0.1, 0.15) is 5.69 Å². The van der Waals surface area contributed by atoms with Gasteiger partial charge < -0.3 is 9.88 Å². The van der Waals surface area contributed by atoms with Crippen LogP contribution in [0.5, 0.6) is 0 Å². The third-order valence-electron chi connectivity index (χ3n) is 4.68. The first-order chi connectivity index (χ1) is 13.0. The fourth-order valence-electron chi connectivity index (χ4n) is 3.20. The van der Waals surface area contributed by atoms with Crippen molar-refractivity contribution in [2.24, 2.45) is 0 Å². The molecule has 0 spiro atoms. The van der Waals surface area contributed by atoms with Crippen LogP contribution in [-0.2, 0) is 13.0 Å². The van der Waals surface area contributed by atoms with E-state index in [1.54, 1.807) is 35.4 Å². The summed E-state index contributed by atoms with van der Waals surface area (Å²) in [7, 11) is 0. The Balaban J connectivity index is 1.55. The molecule has 0 radical (unpaired) electrons. The lowest BCUT2D eigenvalue weighted by Crippen LogP contribution is -2.36. The summed E-state index contributed by atoms with van der Waals surface area (Å²) in [6.45, 7) is 1.14. The van der Waals surface area contributed by atoms with Gasteiger partial charge in [-0.2, -0.15) is 0 Å². The summed E-state index contributed by atoms with van der Waals surface area (Å²) in [6, 6.07) is 8.39. The van der Waals surface area contributed by atoms with Gasteiger partial charge in [0, 0.05) is 42.8 Å². The number of carbonyl (C=O) groups is 2. The molecule has 0 unspecified atom stereocenters. The van der Waals surface area contributed by atoms with Crippen LogP contribution in [0, 0.1) is 0 Å². The van der Waals surface area contributed by atoms with E-state index in [1.165, 1.54) is 11.8 Å². The van der Waals surface area contributed by atoms with Crippen molar-refractivity contribution in [2.45, 2.75) is 13.0 Å². The molecule has 0 saturated heterocycles. The van der Waals surface area contributed by atoms with Crippen LogP contribution in [0.15, 0.2) is 48.9 Å². The number of carbonyl (C=O) groups excluding carboxylic acids is 2. The maximum atomic E-state index is 12.8. The number of pyridine rings is 1. The van der Waals surface area contributed by atoms with Crippen molar-refractivity contribution >= 4 is 34.9 Å². The number of ketones is 1. The summed E-state index contributed by atoms with van der Waals surface area (Å²) < 4.78 is 0. The maximum Gasteiger partial charge on any atom is 0.270 e. The number of hydrogen-bond donors (Lipinski definition) is 1. The topological polar surface area (TPSA) is 66.1 Å². The van der Waals surface area contributed by atoms with E-state index in [0.717, 1.165) is 12.0 Å². The van der Waals surface area contributed by atoms with Crippen molar-refractivity contribution in [1.82, 2.24) is 14.9 Å². The quantitative estimate of drug-likeness (QED) is 0.672. The Morgan fingerprint density at radius 1 is 1.15 bits per heavy atom. The third kappa shape index (κ3) is 3.36. The van der Waals surface area contributed by atoms with Gasteiger partial charge in [-0.3, -0.25) is 14.6 Å². The molecule has 0 fully saturated rings. The number of aromatic nitrogens is 2. The number of fused-ring (bicyclic) bond motifs is 1. The molecule has 1 aliphatic rings. The second-order valence-corrected chi connectivity index (χ2v) is 7.14. The number of hydrogen-bond acceptors (Lipinski definition) is 3. The Labute approximate surface area is 165 Å². The van der Waals surface area contributed by atoms with Crippen LogP contribution >= 0.6 is 23.2 Å². The van der Waals surface area contributed by atoms with Crippen LogP contribution < -0.4 is 0 Å². The Morgan fingerprint density at radius 3 is 2.85 bits per heavy atom. The number of rotatable bonds is 3. The fraction of sp³-hybridized carbons (Fsp3) is 0.150. The van der Waals surface area contributed by atoms with E-state index in [1.807, 2.05) is 12.3 Å². The SMILES string of the molecule is O=C(c1c[nH]c(C(=O)N2CCc3cnccc3C2)c1)c1cccc(Cl)c1Cl. The monoisotopic (exact) mass is 399 g/mol. The smallest absolute Gasteiger partial charge is 0.270 e. The van der Waals surface area contributed by atoms with Crippen molar-refractivity contribution in [2.75, 3.05) is 6.54 Å². The average molecular weight is 400 g/mol. The molecule has 136 valence electrons. The van der Waals surface area contributed by atoms with Crippen LogP contribution in [0.4, 0.5) is 0 Å². The molecule has 2 aromatic heterocycles. The molecule has 7 heteroatoms. The van der Waals surface area contributed by atoms with Crippen LogP contribution in [0.3, 0.4) is 0 Å². The van der Waals surface area contributed by atoms with E-state index in [2.05, 4.69) is 9.97 Å². The highest BCUT2D eigenvalue weighted by Crippen LogP contribution is 2.28. The lowest BCUT2D eigenvalue weighted by Gasteiger charge is -2.28. The summed E-state index contributed by atoms with van der Waals surface area (Å²) in [4.78, 5) is 34.3. The van der Waals surface area contributed by atoms with Gasteiger partial charge in [-0.1, -0.05) is 29.3 Å². The van der Waals surface area contributed by atoms with Crippen LogP contribution in [-0.4, -0.2) is 33.1 Å².